The molecule has 10 aromatic rings. The van der Waals surface area contributed by atoms with Crippen molar-refractivity contribution in [3.05, 3.63) is 179 Å². The number of benzene rings is 10. The number of hydrogen-bond donors (Lipinski definition) is 4. The summed E-state index contributed by atoms with van der Waals surface area (Å²) >= 11 is 18.8. The van der Waals surface area contributed by atoms with Crippen LogP contribution in [-0.2, 0) is 25.7 Å². The van der Waals surface area contributed by atoms with Crippen LogP contribution >= 0.6 is 70.5 Å². The van der Waals surface area contributed by atoms with Crippen LogP contribution < -0.4 is 9.47 Å². The zero-order valence-electron chi connectivity index (χ0n) is 55.8. The summed E-state index contributed by atoms with van der Waals surface area (Å²) in [5.41, 5.74) is 13.9. The van der Waals surface area contributed by atoms with Crippen molar-refractivity contribution in [3.8, 4) is 79.0 Å². The molecule has 10 aromatic carbocycles. The minimum absolute atomic E-state index is 0.0344. The maximum Gasteiger partial charge on any atom is 0.369 e. The highest BCUT2D eigenvalue weighted by molar-refractivity contribution is 9.69. The Hall–Kier alpha value is -5.88. The van der Waals surface area contributed by atoms with Crippen molar-refractivity contribution in [3.63, 3.8) is 0 Å². The number of rotatable bonds is 26. The first-order valence-corrected chi connectivity index (χ1v) is 37.2. The number of fused-ring (bicyclic) bond motifs is 4. The quantitative estimate of drug-likeness (QED) is 0.0187. The lowest BCUT2D eigenvalue weighted by molar-refractivity contribution is 0.415. The highest BCUT2D eigenvalue weighted by Crippen LogP contribution is 2.47. The lowest BCUT2D eigenvalue weighted by Crippen LogP contribution is -1.96. The number of methoxy groups -OCH3 is 2. The Morgan fingerprint density at radius 3 is 0.935 bits per heavy atom. The molecule has 0 aliphatic rings. The zero-order chi connectivity index (χ0) is 67.0. The molecule has 0 radical (unpaired) electrons. The summed E-state index contributed by atoms with van der Waals surface area (Å²) in [6, 6.07) is 50.1. The molecule has 0 heterocycles. The van der Waals surface area contributed by atoms with Crippen molar-refractivity contribution in [2.24, 2.45) is 0 Å². The summed E-state index contributed by atoms with van der Waals surface area (Å²) in [5.74, 6) is 1.66. The van der Waals surface area contributed by atoms with Gasteiger partial charge in [-0.15, -0.1) is 70.5 Å². The predicted octanol–water partition coefficient (Wildman–Crippen LogP) is 26.2. The molecule has 0 unspecified atom stereocenters. The third-order valence-corrected chi connectivity index (χ3v) is 17.6. The number of unbranched alkanes of at least 4 members (excludes halogenated alkanes) is 12. The van der Waals surface area contributed by atoms with E-state index in [1.165, 1.54) is 163 Å². The molecule has 0 fully saturated rings. The Morgan fingerprint density at radius 2 is 0.581 bits per heavy atom. The maximum atomic E-state index is 11.1. The molecule has 0 amide bonds. The van der Waals surface area contributed by atoms with Gasteiger partial charge in [0, 0.05) is 33.4 Å². The van der Waals surface area contributed by atoms with Gasteiger partial charge in [0.2, 0.25) is 0 Å². The minimum Gasteiger partial charge on any atom is -0.507 e. The Bertz CT molecular complexity index is 3930. The second-order valence-electron chi connectivity index (χ2n) is 24.5. The van der Waals surface area contributed by atoms with Gasteiger partial charge in [-0.25, -0.2) is 0 Å². The van der Waals surface area contributed by atoms with Crippen molar-refractivity contribution in [2.75, 3.05) is 19.6 Å². The largest absolute Gasteiger partial charge is 0.507 e. The van der Waals surface area contributed by atoms with Crippen LogP contribution in [0.5, 0.6) is 34.5 Å². The fourth-order valence-electron chi connectivity index (χ4n) is 12.6. The number of phenolic OH excluding ortho intramolecular Hbond substituents is 4. The van der Waals surface area contributed by atoms with E-state index in [0.29, 0.717) is 22.3 Å². The van der Waals surface area contributed by atoms with E-state index >= 15 is 0 Å². The summed E-state index contributed by atoms with van der Waals surface area (Å²) in [6.45, 7) is 13.4. The van der Waals surface area contributed by atoms with Crippen LogP contribution in [0.2, 0.25) is 0 Å². The molecule has 0 spiro atoms. The number of aryl methyl sites for hydroxylation is 6. The predicted molar refractivity (Wildman–Crippen MR) is 414 cm³/mol. The maximum absolute atomic E-state index is 11.1. The van der Waals surface area contributed by atoms with Crippen molar-refractivity contribution in [1.29, 1.82) is 0 Å². The molecule has 492 valence electrons. The van der Waals surface area contributed by atoms with Crippen LogP contribution in [0.4, 0.5) is 0 Å². The van der Waals surface area contributed by atoms with Crippen LogP contribution in [0.15, 0.2) is 146 Å². The van der Waals surface area contributed by atoms with Crippen molar-refractivity contribution < 1.29 is 29.9 Å². The Balaban J connectivity index is 0.000000240. The van der Waals surface area contributed by atoms with E-state index in [-0.39, 0.29) is 31.5 Å². The van der Waals surface area contributed by atoms with Gasteiger partial charge in [-0.3, -0.25) is 0 Å². The highest BCUT2D eigenvalue weighted by Gasteiger charge is 2.21. The monoisotopic (exact) mass is 1480 g/mol. The highest BCUT2D eigenvalue weighted by atomic mass is 79.9. The fraction of sp³-hybridized carbons (Fsp3) is 0.358. The standard InChI is InChI=1S/C42H50O2.C38H42O4.CH2Cl2.BBr3/c1-7-9-11-13-15-31-17-19-33-25-37(29(3)21-35(33)23-31)39-22-30(4)38(28-42(39)44-6)40-26-34-20-18-32(16-14-12-10-8-2)24-36(34)27-41(40)43-5;1-3-5-7-9-11-25-13-15-27-19-31(35(39)21-29(27)17-25)33-23-38(42)34(24-37(33)41)32-20-28-16-14-26(12-10-8-6-4-2)18-30(28)22-36(32)40;2-1-3;2-1(3)4/h17-28H,7-16H2,1-6H3;13-24,39-42H,3-12H2,1-2H3;1H2;. The molecule has 0 aliphatic carbocycles. The molecule has 0 aliphatic heterocycles. The van der Waals surface area contributed by atoms with E-state index in [0.717, 1.165) is 88.3 Å². The van der Waals surface area contributed by atoms with Crippen LogP contribution in [0, 0.1) is 13.8 Å². The number of halogens is 5. The average molecular weight is 1490 g/mol. The SMILES string of the molecule is BrB(Br)Br.CCCCCCc1ccc2cc(-c3cc(C)c(-c4cc5ccc(CCCCCC)cc5cc4OC)cc3OC)c(C)cc2c1.CCCCCCc1ccc2cc(-c3cc(O)c(-c4cc5ccc(CCCCCC)cc5cc4O)cc3O)c(O)cc2c1.ClCCl. The van der Waals surface area contributed by atoms with Gasteiger partial charge in [0.1, 0.15) is 34.5 Å². The molecule has 10 rings (SSSR count). The van der Waals surface area contributed by atoms with Gasteiger partial charge in [0.15, 0.2) is 0 Å². The fourth-order valence-corrected chi connectivity index (χ4v) is 12.6. The van der Waals surface area contributed by atoms with Crippen LogP contribution in [-0.4, -0.2) is 43.2 Å². The third-order valence-electron chi connectivity index (χ3n) is 17.6. The first-order valence-electron chi connectivity index (χ1n) is 33.4. The summed E-state index contributed by atoms with van der Waals surface area (Å²) < 4.78 is 12.3. The molecule has 93 heavy (non-hydrogen) atoms. The number of phenols is 4. The van der Waals surface area contributed by atoms with Gasteiger partial charge in [-0.2, -0.15) is 0 Å². The molecule has 0 aromatic heterocycles. The number of ether oxygens (including phenoxy) is 2. The van der Waals surface area contributed by atoms with Crippen LogP contribution in [0.25, 0.3) is 87.6 Å². The van der Waals surface area contributed by atoms with E-state index in [4.69, 9.17) is 32.7 Å². The van der Waals surface area contributed by atoms with Crippen molar-refractivity contribution in [2.45, 2.75) is 170 Å². The van der Waals surface area contributed by atoms with Crippen LogP contribution in [0.3, 0.4) is 0 Å². The van der Waals surface area contributed by atoms with E-state index in [2.05, 4.69) is 186 Å². The first kappa shape index (κ1) is 74.5. The molecule has 0 saturated carbocycles. The van der Waals surface area contributed by atoms with Crippen LogP contribution in [0.1, 0.15) is 164 Å². The number of alkyl halides is 2. The lowest BCUT2D eigenvalue weighted by Gasteiger charge is -2.18. The molecule has 0 saturated heterocycles. The Kier molecular flexibility index (Phi) is 30.5. The second-order valence-corrected chi connectivity index (χ2v) is 31.8. The van der Waals surface area contributed by atoms with Gasteiger partial charge in [0.05, 0.1) is 19.6 Å². The van der Waals surface area contributed by atoms with E-state index in [9.17, 15) is 20.4 Å². The summed E-state index contributed by atoms with van der Waals surface area (Å²) in [5, 5.41) is 53.0. The number of aromatic hydroxyl groups is 4. The van der Waals surface area contributed by atoms with E-state index in [1.54, 1.807) is 26.4 Å². The van der Waals surface area contributed by atoms with Crippen molar-refractivity contribution >= 4 is 117 Å². The first-order chi connectivity index (χ1) is 45.0. The van der Waals surface area contributed by atoms with Gasteiger partial charge < -0.3 is 29.9 Å². The third kappa shape index (κ3) is 21.1. The molecule has 0 atom stereocenters. The van der Waals surface area contributed by atoms with Gasteiger partial charge in [-0.1, -0.05) is 184 Å². The smallest absolute Gasteiger partial charge is 0.369 e. The average Bonchev–Trinajstić information content (AvgIpc) is 0.793. The Morgan fingerprint density at radius 1 is 0.312 bits per heavy atom. The van der Waals surface area contributed by atoms with Gasteiger partial charge in [-0.05, 0) is 220 Å². The van der Waals surface area contributed by atoms with Gasteiger partial charge >= 0.3 is 3.18 Å². The summed E-state index contributed by atoms with van der Waals surface area (Å²) in [7, 11) is 3.55. The normalized spacial score (nSPS) is 11.1. The molecule has 6 nitrogen and oxygen atoms in total. The second kappa shape index (κ2) is 38.0. The molecular formula is C81H94BBr3Cl2O6. The molecule has 0 bridgehead atoms. The minimum atomic E-state index is -0.0908. The van der Waals surface area contributed by atoms with E-state index < -0.39 is 0 Å². The Labute approximate surface area is 589 Å². The van der Waals surface area contributed by atoms with Gasteiger partial charge in [0.25, 0.3) is 0 Å². The van der Waals surface area contributed by atoms with Crippen molar-refractivity contribution in [1.82, 2.24) is 0 Å². The molecule has 4 N–H and O–H groups in total. The number of hydrogen-bond acceptors (Lipinski definition) is 6. The van der Waals surface area contributed by atoms with E-state index in [1.807, 2.05) is 24.3 Å². The summed E-state index contributed by atoms with van der Waals surface area (Å²) in [4.78, 5) is 0. The molecule has 12 heteroatoms. The lowest BCUT2D eigenvalue weighted by atomic mass is 9.90. The molecular weight excluding hydrogens is 1390 g/mol. The zero-order valence-corrected chi connectivity index (χ0v) is 62.0. The topological polar surface area (TPSA) is 99.4 Å². The summed E-state index contributed by atoms with van der Waals surface area (Å²) in [6.07, 6.45) is 24.2.